The summed E-state index contributed by atoms with van der Waals surface area (Å²) in [6, 6.07) is 14.9. The number of aromatic nitrogens is 2. The molecule has 1 atom stereocenters. The number of rotatable bonds is 4. The van der Waals surface area contributed by atoms with Gasteiger partial charge >= 0.3 is 6.09 Å². The van der Waals surface area contributed by atoms with E-state index in [4.69, 9.17) is 15.5 Å². The minimum Gasteiger partial charge on any atom is -0.444 e. The third-order valence-electron chi connectivity index (χ3n) is 5.13. The molecule has 2 heterocycles. The van der Waals surface area contributed by atoms with Crippen molar-refractivity contribution in [1.82, 2.24) is 15.3 Å². The lowest BCUT2D eigenvalue weighted by Crippen LogP contribution is -2.40. The van der Waals surface area contributed by atoms with Crippen molar-refractivity contribution >= 4 is 40.1 Å². The summed E-state index contributed by atoms with van der Waals surface area (Å²) >= 11 is 0. The second kappa shape index (κ2) is 8.82. The number of nitriles is 1. The highest BCUT2D eigenvalue weighted by Gasteiger charge is 2.28. The van der Waals surface area contributed by atoms with Gasteiger partial charge in [-0.1, -0.05) is 12.1 Å². The summed E-state index contributed by atoms with van der Waals surface area (Å²) in [5.74, 6) is 1.18. The smallest absolute Gasteiger partial charge is 0.407 e. The number of amides is 1. The van der Waals surface area contributed by atoms with E-state index in [1.165, 1.54) is 0 Å². The highest BCUT2D eigenvalue weighted by Crippen LogP contribution is 2.29. The summed E-state index contributed by atoms with van der Waals surface area (Å²) in [4.78, 5) is 23.7. The van der Waals surface area contributed by atoms with Gasteiger partial charge in [0.1, 0.15) is 11.4 Å². The third kappa shape index (κ3) is 5.41. The average Bonchev–Trinajstić information content (AvgIpc) is 3.19. The molecule has 1 aliphatic rings. The number of nitrogen functional groups attached to an aromatic ring is 1. The van der Waals surface area contributed by atoms with Gasteiger partial charge in [-0.25, -0.2) is 9.78 Å². The Bertz CT molecular complexity index is 1230. The Kier molecular flexibility index (Phi) is 5.92. The number of nitrogens with one attached hydrogen (secondary N) is 2. The first-order chi connectivity index (χ1) is 15.7. The first kappa shape index (κ1) is 22.1. The minimum atomic E-state index is -0.544. The highest BCUT2D eigenvalue weighted by molar-refractivity contribution is 5.91. The molecule has 170 valence electrons. The molecule has 1 aromatic heterocycles. The number of carbonyl (C=O) groups excluding carboxylic acids is 1. The van der Waals surface area contributed by atoms with Gasteiger partial charge in [0, 0.05) is 29.9 Å². The van der Waals surface area contributed by atoms with Gasteiger partial charge in [0.15, 0.2) is 0 Å². The number of carbonyl (C=O) groups is 1. The van der Waals surface area contributed by atoms with Crippen LogP contribution in [0.1, 0.15) is 32.8 Å². The van der Waals surface area contributed by atoms with Gasteiger partial charge < -0.3 is 26.0 Å². The molecule has 1 saturated heterocycles. The predicted octanol–water partition coefficient (Wildman–Crippen LogP) is 3.93. The molecule has 0 radical (unpaired) electrons. The van der Waals surface area contributed by atoms with Crippen LogP contribution in [0.3, 0.4) is 0 Å². The summed E-state index contributed by atoms with van der Waals surface area (Å²) in [6.45, 7) is 6.87. The molecule has 0 spiro atoms. The molecule has 33 heavy (non-hydrogen) atoms. The maximum absolute atomic E-state index is 12.2. The maximum Gasteiger partial charge on any atom is 0.407 e. The van der Waals surface area contributed by atoms with Gasteiger partial charge in [-0.2, -0.15) is 10.2 Å². The van der Waals surface area contributed by atoms with Crippen molar-refractivity contribution in [2.75, 3.05) is 29.0 Å². The molecule has 1 fully saturated rings. The van der Waals surface area contributed by atoms with Crippen molar-refractivity contribution in [3.63, 3.8) is 0 Å². The fourth-order valence-electron chi connectivity index (χ4n) is 3.82. The van der Waals surface area contributed by atoms with Crippen LogP contribution < -0.4 is 21.3 Å². The van der Waals surface area contributed by atoms with Crippen LogP contribution in [0.5, 0.6) is 0 Å². The second-order valence-corrected chi connectivity index (χ2v) is 9.05. The number of para-hydroxylation sites is 1. The SMILES string of the molecule is CC(C)(C)OC(=O)NC1CCN(c2nc(Nc3cc(N)cc(C#N)c3)nc3ccccc23)C1. The number of hydrogen-bond acceptors (Lipinski definition) is 8. The van der Waals surface area contributed by atoms with Crippen molar-refractivity contribution in [2.45, 2.75) is 38.8 Å². The first-order valence-electron chi connectivity index (χ1n) is 10.8. The Morgan fingerprint density at radius 3 is 2.79 bits per heavy atom. The molecule has 0 saturated carbocycles. The van der Waals surface area contributed by atoms with E-state index in [1.807, 2.05) is 45.0 Å². The summed E-state index contributed by atoms with van der Waals surface area (Å²) in [6.07, 6.45) is 0.361. The Labute approximate surface area is 192 Å². The van der Waals surface area contributed by atoms with Crippen LogP contribution in [0.4, 0.5) is 27.9 Å². The standard InChI is InChI=1S/C24H27N7O2/c1-24(2,3)33-23(32)28-17-8-9-31(14-17)21-19-6-4-5-7-20(19)29-22(30-21)27-18-11-15(13-25)10-16(26)12-18/h4-7,10-12,17H,8-9,14,26H2,1-3H3,(H,28,32)(H,27,29,30). The zero-order chi connectivity index (χ0) is 23.6. The molecular formula is C24H27N7O2. The van der Waals surface area contributed by atoms with Crippen LogP contribution in [0.2, 0.25) is 0 Å². The van der Waals surface area contributed by atoms with Gasteiger partial charge in [0.2, 0.25) is 5.95 Å². The van der Waals surface area contributed by atoms with Crippen LogP contribution in [-0.4, -0.2) is 40.8 Å². The number of benzene rings is 2. The Morgan fingerprint density at radius 1 is 1.24 bits per heavy atom. The van der Waals surface area contributed by atoms with E-state index in [-0.39, 0.29) is 6.04 Å². The van der Waals surface area contributed by atoms with Gasteiger partial charge in [-0.05, 0) is 57.5 Å². The number of nitrogens with two attached hydrogens (primary N) is 1. The molecule has 0 aliphatic carbocycles. The quantitative estimate of drug-likeness (QED) is 0.515. The molecule has 4 N–H and O–H groups in total. The third-order valence-corrected chi connectivity index (χ3v) is 5.13. The zero-order valence-corrected chi connectivity index (χ0v) is 18.9. The number of fused-ring (bicyclic) bond motifs is 1. The molecule has 0 bridgehead atoms. The Hall–Kier alpha value is -4.06. The van der Waals surface area contributed by atoms with E-state index in [9.17, 15) is 10.1 Å². The van der Waals surface area contributed by atoms with E-state index >= 15 is 0 Å². The maximum atomic E-state index is 12.2. The molecule has 1 unspecified atom stereocenters. The Balaban J connectivity index is 1.58. The van der Waals surface area contributed by atoms with E-state index in [1.54, 1.807) is 18.2 Å². The summed E-state index contributed by atoms with van der Waals surface area (Å²) < 4.78 is 5.39. The molecule has 1 amide bonds. The van der Waals surface area contributed by atoms with E-state index in [0.29, 0.717) is 29.4 Å². The molecule has 9 heteroatoms. The van der Waals surface area contributed by atoms with E-state index < -0.39 is 11.7 Å². The molecule has 2 aromatic carbocycles. The number of ether oxygens (including phenoxy) is 1. The van der Waals surface area contributed by atoms with Crippen molar-refractivity contribution in [3.8, 4) is 6.07 Å². The van der Waals surface area contributed by atoms with E-state index in [2.05, 4.69) is 26.6 Å². The summed E-state index contributed by atoms with van der Waals surface area (Å²) in [5, 5.41) is 16.3. The number of hydrogen-bond donors (Lipinski definition) is 3. The van der Waals surface area contributed by atoms with Gasteiger partial charge in [-0.3, -0.25) is 0 Å². The van der Waals surface area contributed by atoms with Gasteiger partial charge in [-0.15, -0.1) is 0 Å². The van der Waals surface area contributed by atoms with Crippen LogP contribution in [0.25, 0.3) is 10.9 Å². The second-order valence-electron chi connectivity index (χ2n) is 9.05. The molecular weight excluding hydrogens is 418 g/mol. The lowest BCUT2D eigenvalue weighted by molar-refractivity contribution is 0.0509. The van der Waals surface area contributed by atoms with Gasteiger partial charge in [0.25, 0.3) is 0 Å². The van der Waals surface area contributed by atoms with Crippen molar-refractivity contribution in [1.29, 1.82) is 5.26 Å². The molecule has 3 aromatic rings. The lowest BCUT2D eigenvalue weighted by atomic mass is 10.2. The number of alkyl carbamates (subject to hydrolysis) is 1. The van der Waals surface area contributed by atoms with Crippen molar-refractivity contribution in [3.05, 3.63) is 48.0 Å². The van der Waals surface area contributed by atoms with Crippen LogP contribution >= 0.6 is 0 Å². The van der Waals surface area contributed by atoms with Crippen LogP contribution in [0, 0.1) is 11.3 Å². The summed E-state index contributed by atoms with van der Waals surface area (Å²) in [7, 11) is 0. The van der Waals surface area contributed by atoms with Gasteiger partial charge in [0.05, 0.1) is 23.2 Å². The number of anilines is 4. The van der Waals surface area contributed by atoms with Crippen LogP contribution in [-0.2, 0) is 4.74 Å². The molecule has 1 aliphatic heterocycles. The summed E-state index contributed by atoms with van der Waals surface area (Å²) in [5.41, 5.74) is 7.73. The van der Waals surface area contributed by atoms with E-state index in [0.717, 1.165) is 29.7 Å². The highest BCUT2D eigenvalue weighted by atomic mass is 16.6. The van der Waals surface area contributed by atoms with Crippen molar-refractivity contribution < 1.29 is 9.53 Å². The average molecular weight is 446 g/mol. The normalized spacial score (nSPS) is 15.8. The lowest BCUT2D eigenvalue weighted by Gasteiger charge is -2.23. The first-order valence-corrected chi connectivity index (χ1v) is 10.8. The number of nitrogens with zero attached hydrogens (tertiary/aromatic N) is 4. The predicted molar refractivity (Wildman–Crippen MR) is 128 cm³/mol. The zero-order valence-electron chi connectivity index (χ0n) is 18.9. The van der Waals surface area contributed by atoms with Crippen molar-refractivity contribution in [2.24, 2.45) is 0 Å². The molecule has 4 rings (SSSR count). The molecule has 9 nitrogen and oxygen atoms in total. The monoisotopic (exact) mass is 445 g/mol. The fraction of sp³-hybridized carbons (Fsp3) is 0.333. The topological polar surface area (TPSA) is 129 Å². The fourth-order valence-corrected chi connectivity index (χ4v) is 3.82. The Morgan fingerprint density at radius 2 is 2.03 bits per heavy atom. The van der Waals surface area contributed by atoms with Crippen LogP contribution in [0.15, 0.2) is 42.5 Å². The minimum absolute atomic E-state index is 0.0444. The largest absolute Gasteiger partial charge is 0.444 e.